The van der Waals surface area contributed by atoms with Crippen LogP contribution >= 0.6 is 0 Å². The monoisotopic (exact) mass is 466 g/mol. The molecular formula is C21H34N6O4S. The number of anilines is 2. The molecule has 0 radical (unpaired) electrons. The first kappa shape index (κ1) is 25.7. The number of ether oxygens (including phenoxy) is 1. The first-order valence-corrected chi connectivity index (χ1v) is 12.6. The van der Waals surface area contributed by atoms with E-state index in [2.05, 4.69) is 30.0 Å². The standard InChI is InChI=1S/C21H34N6O4S/c1-13(2)9-17(12-28)23-20-24-18(25-21(26-20)27-32(6,29)30)10-15(5)16-7-8-19(22-11-16)31-14(3)4/h7-8,11,13-15,17,28H,9-10,12H2,1-6H3,(H2,23,24,25,26,27)/t15?,17-/m1/s1. The molecule has 2 aromatic rings. The lowest BCUT2D eigenvalue weighted by molar-refractivity contribution is 0.232. The number of nitrogens with one attached hydrogen (secondary N) is 2. The minimum atomic E-state index is -3.56. The second-order valence-corrected chi connectivity index (χ2v) is 10.4. The lowest BCUT2D eigenvalue weighted by Gasteiger charge is -2.19. The highest BCUT2D eigenvalue weighted by molar-refractivity contribution is 7.91. The zero-order valence-corrected chi connectivity index (χ0v) is 20.3. The first-order valence-electron chi connectivity index (χ1n) is 10.7. The molecule has 0 saturated heterocycles. The Bertz CT molecular complexity index is 967. The molecule has 1 unspecified atom stereocenters. The normalized spacial score (nSPS) is 13.8. The smallest absolute Gasteiger partial charge is 0.241 e. The third kappa shape index (κ3) is 8.91. The molecule has 2 atom stereocenters. The zero-order valence-electron chi connectivity index (χ0n) is 19.5. The lowest BCUT2D eigenvalue weighted by atomic mass is 9.99. The van der Waals surface area contributed by atoms with Crippen molar-refractivity contribution in [3.05, 3.63) is 29.7 Å². The highest BCUT2D eigenvalue weighted by Gasteiger charge is 2.17. The zero-order chi connectivity index (χ0) is 23.9. The van der Waals surface area contributed by atoms with Crippen molar-refractivity contribution in [2.75, 3.05) is 22.9 Å². The van der Waals surface area contributed by atoms with Gasteiger partial charge in [-0.2, -0.15) is 15.0 Å². The number of aromatic nitrogens is 4. The van der Waals surface area contributed by atoms with E-state index in [0.717, 1.165) is 11.8 Å². The molecule has 178 valence electrons. The van der Waals surface area contributed by atoms with Gasteiger partial charge in [0.15, 0.2) is 0 Å². The van der Waals surface area contributed by atoms with E-state index in [-0.39, 0.29) is 36.6 Å². The van der Waals surface area contributed by atoms with Gasteiger partial charge in [-0.1, -0.05) is 26.8 Å². The van der Waals surface area contributed by atoms with E-state index >= 15 is 0 Å². The SMILES string of the molecule is CC(C)C[C@H](CO)Nc1nc(CC(C)c2ccc(OC(C)C)nc2)nc(NS(C)(=O)=O)n1. The fraction of sp³-hybridized carbons (Fsp3) is 0.619. The van der Waals surface area contributed by atoms with Gasteiger partial charge in [0, 0.05) is 18.7 Å². The van der Waals surface area contributed by atoms with Gasteiger partial charge in [0.25, 0.3) is 0 Å². The van der Waals surface area contributed by atoms with Crippen LogP contribution in [0.25, 0.3) is 0 Å². The van der Waals surface area contributed by atoms with Crippen LogP contribution in [0.2, 0.25) is 0 Å². The van der Waals surface area contributed by atoms with Crippen molar-refractivity contribution >= 4 is 21.9 Å². The van der Waals surface area contributed by atoms with Crippen LogP contribution in [0.15, 0.2) is 18.3 Å². The summed E-state index contributed by atoms with van der Waals surface area (Å²) >= 11 is 0. The average Bonchev–Trinajstić information content (AvgIpc) is 2.65. The second-order valence-electron chi connectivity index (χ2n) is 8.63. The molecule has 11 heteroatoms. The van der Waals surface area contributed by atoms with Gasteiger partial charge < -0.3 is 15.2 Å². The van der Waals surface area contributed by atoms with Gasteiger partial charge in [0.1, 0.15) is 5.82 Å². The van der Waals surface area contributed by atoms with Crippen LogP contribution in [0.3, 0.4) is 0 Å². The maximum absolute atomic E-state index is 11.7. The van der Waals surface area contributed by atoms with Crippen molar-refractivity contribution in [3.63, 3.8) is 0 Å². The molecular weight excluding hydrogens is 432 g/mol. The van der Waals surface area contributed by atoms with Crippen molar-refractivity contribution in [1.82, 2.24) is 19.9 Å². The summed E-state index contributed by atoms with van der Waals surface area (Å²) in [5, 5.41) is 12.8. The van der Waals surface area contributed by atoms with Gasteiger partial charge in [0.05, 0.1) is 25.0 Å². The molecule has 3 N–H and O–H groups in total. The summed E-state index contributed by atoms with van der Waals surface area (Å²) in [6, 6.07) is 3.50. The molecule has 0 aromatic carbocycles. The summed E-state index contributed by atoms with van der Waals surface area (Å²) in [4.78, 5) is 17.2. The Labute approximate surface area is 190 Å². The molecule has 0 bridgehead atoms. The summed E-state index contributed by atoms with van der Waals surface area (Å²) in [5.41, 5.74) is 0.974. The molecule has 0 aliphatic rings. The fourth-order valence-electron chi connectivity index (χ4n) is 3.10. The van der Waals surface area contributed by atoms with Gasteiger partial charge in [-0.05, 0) is 37.7 Å². The van der Waals surface area contributed by atoms with Crippen molar-refractivity contribution < 1.29 is 18.3 Å². The van der Waals surface area contributed by atoms with E-state index in [4.69, 9.17) is 4.74 Å². The van der Waals surface area contributed by atoms with Crippen LogP contribution in [0.4, 0.5) is 11.9 Å². The Hall–Kier alpha value is -2.53. The lowest BCUT2D eigenvalue weighted by Crippen LogP contribution is -2.27. The minimum Gasteiger partial charge on any atom is -0.475 e. The number of aliphatic hydroxyl groups is 1. The van der Waals surface area contributed by atoms with Crippen LogP contribution in [-0.4, -0.2) is 58.5 Å². The van der Waals surface area contributed by atoms with Gasteiger partial charge in [-0.25, -0.2) is 13.4 Å². The van der Waals surface area contributed by atoms with Crippen LogP contribution in [0, 0.1) is 5.92 Å². The molecule has 2 aromatic heterocycles. The van der Waals surface area contributed by atoms with Gasteiger partial charge in [-0.15, -0.1) is 0 Å². The van der Waals surface area contributed by atoms with E-state index in [1.165, 1.54) is 0 Å². The average molecular weight is 467 g/mol. The molecule has 10 nitrogen and oxygen atoms in total. The van der Waals surface area contributed by atoms with E-state index in [1.807, 2.05) is 46.8 Å². The van der Waals surface area contributed by atoms with E-state index in [0.29, 0.717) is 30.5 Å². The van der Waals surface area contributed by atoms with E-state index < -0.39 is 10.0 Å². The molecule has 0 fully saturated rings. The molecule has 0 spiro atoms. The van der Waals surface area contributed by atoms with Gasteiger partial charge in [0.2, 0.25) is 27.8 Å². The number of pyridine rings is 1. The second kappa shape index (κ2) is 11.4. The summed E-state index contributed by atoms with van der Waals surface area (Å²) in [6.45, 7) is 9.89. The summed E-state index contributed by atoms with van der Waals surface area (Å²) in [6.07, 6.45) is 3.98. The Morgan fingerprint density at radius 3 is 2.28 bits per heavy atom. The summed E-state index contributed by atoms with van der Waals surface area (Å²) in [7, 11) is -3.56. The highest BCUT2D eigenvalue weighted by Crippen LogP contribution is 2.22. The Balaban J connectivity index is 2.25. The molecule has 0 aliphatic heterocycles. The molecule has 2 heterocycles. The number of rotatable bonds is 12. The third-order valence-corrected chi connectivity index (χ3v) is 4.99. The van der Waals surface area contributed by atoms with Crippen LogP contribution in [0.1, 0.15) is 58.3 Å². The number of hydrogen-bond donors (Lipinski definition) is 3. The predicted molar refractivity (Wildman–Crippen MR) is 124 cm³/mol. The molecule has 32 heavy (non-hydrogen) atoms. The summed E-state index contributed by atoms with van der Waals surface area (Å²) in [5.74, 6) is 1.50. The molecule has 0 saturated carbocycles. The predicted octanol–water partition coefficient (Wildman–Crippen LogP) is 2.59. The topological polar surface area (TPSA) is 139 Å². The summed E-state index contributed by atoms with van der Waals surface area (Å²) < 4.78 is 31.3. The van der Waals surface area contributed by atoms with Crippen molar-refractivity contribution in [2.45, 2.75) is 65.5 Å². The number of sulfonamides is 1. The Kier molecular flexibility index (Phi) is 9.14. The largest absolute Gasteiger partial charge is 0.475 e. The van der Waals surface area contributed by atoms with Gasteiger partial charge >= 0.3 is 0 Å². The van der Waals surface area contributed by atoms with Crippen LogP contribution < -0.4 is 14.8 Å². The van der Waals surface area contributed by atoms with E-state index in [9.17, 15) is 13.5 Å². The number of aliphatic hydroxyl groups excluding tert-OH is 1. The molecule has 0 amide bonds. The van der Waals surface area contributed by atoms with Gasteiger partial charge in [-0.3, -0.25) is 4.72 Å². The third-order valence-electron chi connectivity index (χ3n) is 4.44. The Morgan fingerprint density at radius 2 is 1.75 bits per heavy atom. The first-order chi connectivity index (χ1) is 14.9. The maximum atomic E-state index is 11.7. The van der Waals surface area contributed by atoms with E-state index in [1.54, 1.807) is 6.20 Å². The van der Waals surface area contributed by atoms with Crippen LogP contribution in [-0.2, 0) is 16.4 Å². The van der Waals surface area contributed by atoms with Crippen molar-refractivity contribution in [3.8, 4) is 5.88 Å². The minimum absolute atomic E-state index is 0.0150. The maximum Gasteiger partial charge on any atom is 0.241 e. The highest BCUT2D eigenvalue weighted by atomic mass is 32.2. The molecule has 0 aliphatic carbocycles. The number of hydrogen-bond acceptors (Lipinski definition) is 9. The quantitative estimate of drug-likeness (QED) is 0.430. The number of nitrogens with zero attached hydrogens (tertiary/aromatic N) is 4. The Morgan fingerprint density at radius 1 is 1.06 bits per heavy atom. The van der Waals surface area contributed by atoms with Crippen molar-refractivity contribution in [2.24, 2.45) is 5.92 Å². The molecule has 2 rings (SSSR count). The van der Waals surface area contributed by atoms with Crippen molar-refractivity contribution in [1.29, 1.82) is 0 Å². The fourth-order valence-corrected chi connectivity index (χ4v) is 3.53. The van der Waals surface area contributed by atoms with Crippen LogP contribution in [0.5, 0.6) is 5.88 Å².